The molecule has 2 rings (SSSR count). The maximum absolute atomic E-state index is 12.7. The van der Waals surface area contributed by atoms with E-state index in [9.17, 15) is 4.79 Å². The fourth-order valence-electron chi connectivity index (χ4n) is 2.95. The summed E-state index contributed by atoms with van der Waals surface area (Å²) in [6.45, 7) is 8.56. The number of nitrogens with zero attached hydrogens (tertiary/aromatic N) is 1. The van der Waals surface area contributed by atoms with Gasteiger partial charge in [-0.1, -0.05) is 19.9 Å². The van der Waals surface area contributed by atoms with E-state index in [0.717, 1.165) is 5.56 Å². The first kappa shape index (κ1) is 22.3. The zero-order valence-corrected chi connectivity index (χ0v) is 17.4. The Kier molecular flexibility index (Phi) is 8.05. The number of carbonyl (C=O) groups is 1. The van der Waals surface area contributed by atoms with Crippen LogP contribution in [0, 0.1) is 17.2 Å². The summed E-state index contributed by atoms with van der Waals surface area (Å²) in [5.41, 5.74) is 9.24. The van der Waals surface area contributed by atoms with E-state index in [0.29, 0.717) is 29.2 Å². The Morgan fingerprint density at radius 2 is 1.76 bits per heavy atom. The van der Waals surface area contributed by atoms with E-state index in [1.165, 1.54) is 0 Å². The van der Waals surface area contributed by atoms with Gasteiger partial charge in [0.1, 0.15) is 5.75 Å². The standard InChI is InChI=1S/C23H29N3O3/c1-5-28-20-12-17(21(25)15(3)4)11-18(13-20)22(23(27)29-6-2)26-19-9-7-16(14-24)8-10-19/h7-13,15,21-22,26H,5-6,25H2,1-4H3. The van der Waals surface area contributed by atoms with Crippen molar-refractivity contribution in [3.8, 4) is 11.8 Å². The van der Waals surface area contributed by atoms with Crippen LogP contribution >= 0.6 is 0 Å². The van der Waals surface area contributed by atoms with Crippen LogP contribution in [0.1, 0.15) is 56.5 Å². The lowest BCUT2D eigenvalue weighted by atomic mass is 9.93. The Morgan fingerprint density at radius 1 is 1.10 bits per heavy atom. The van der Waals surface area contributed by atoms with Crippen LogP contribution in [0.2, 0.25) is 0 Å². The van der Waals surface area contributed by atoms with Gasteiger partial charge in [-0.15, -0.1) is 0 Å². The molecule has 6 nitrogen and oxygen atoms in total. The summed E-state index contributed by atoms with van der Waals surface area (Å²) in [5.74, 6) is 0.494. The fraction of sp³-hybridized carbons (Fsp3) is 0.391. The number of nitrogens with two attached hydrogens (primary N) is 1. The molecule has 0 bridgehead atoms. The van der Waals surface area contributed by atoms with E-state index in [1.54, 1.807) is 31.2 Å². The van der Waals surface area contributed by atoms with Gasteiger partial charge in [-0.2, -0.15) is 5.26 Å². The Hall–Kier alpha value is -3.04. The highest BCUT2D eigenvalue weighted by Gasteiger charge is 2.24. The van der Waals surface area contributed by atoms with Crippen LogP contribution in [-0.4, -0.2) is 19.2 Å². The number of esters is 1. The minimum atomic E-state index is -0.735. The Balaban J connectivity index is 2.47. The molecule has 0 saturated heterocycles. The molecular weight excluding hydrogens is 366 g/mol. The molecule has 2 aromatic rings. The first-order valence-electron chi connectivity index (χ1n) is 9.86. The third-order valence-electron chi connectivity index (χ3n) is 4.55. The lowest BCUT2D eigenvalue weighted by Crippen LogP contribution is -2.24. The molecule has 3 N–H and O–H groups in total. The Morgan fingerprint density at radius 3 is 2.31 bits per heavy atom. The van der Waals surface area contributed by atoms with E-state index in [2.05, 4.69) is 25.2 Å². The zero-order valence-electron chi connectivity index (χ0n) is 17.4. The van der Waals surface area contributed by atoms with Gasteiger partial charge in [0.25, 0.3) is 0 Å². The predicted octanol–water partition coefficient (Wildman–Crippen LogP) is 4.33. The number of carbonyl (C=O) groups excluding carboxylic acids is 1. The van der Waals surface area contributed by atoms with Gasteiger partial charge in [0.05, 0.1) is 24.8 Å². The monoisotopic (exact) mass is 395 g/mol. The van der Waals surface area contributed by atoms with Gasteiger partial charge in [-0.05, 0) is 67.3 Å². The molecule has 0 aliphatic heterocycles. The van der Waals surface area contributed by atoms with Crippen molar-refractivity contribution >= 4 is 11.7 Å². The van der Waals surface area contributed by atoms with Crippen molar-refractivity contribution in [1.29, 1.82) is 5.26 Å². The predicted molar refractivity (Wildman–Crippen MR) is 114 cm³/mol. The van der Waals surface area contributed by atoms with Crippen molar-refractivity contribution in [2.75, 3.05) is 18.5 Å². The molecule has 0 aromatic heterocycles. The molecule has 0 aliphatic rings. The van der Waals surface area contributed by atoms with Gasteiger partial charge in [-0.25, -0.2) is 4.79 Å². The van der Waals surface area contributed by atoms with E-state index in [1.807, 2.05) is 25.1 Å². The second-order valence-electron chi connectivity index (χ2n) is 7.06. The average molecular weight is 396 g/mol. The Labute approximate surface area is 172 Å². The van der Waals surface area contributed by atoms with Crippen molar-refractivity contribution in [2.45, 2.75) is 39.8 Å². The smallest absolute Gasteiger partial charge is 0.333 e. The number of nitriles is 1. The third kappa shape index (κ3) is 5.97. The number of rotatable bonds is 9. The third-order valence-corrected chi connectivity index (χ3v) is 4.55. The largest absolute Gasteiger partial charge is 0.494 e. The molecule has 0 amide bonds. The van der Waals surface area contributed by atoms with Gasteiger partial charge < -0.3 is 20.5 Å². The highest BCUT2D eigenvalue weighted by molar-refractivity contribution is 5.81. The molecule has 0 heterocycles. The van der Waals surface area contributed by atoms with Crippen LogP contribution in [0.25, 0.3) is 0 Å². The summed E-state index contributed by atoms with van der Waals surface area (Å²) in [6.07, 6.45) is 0. The van der Waals surface area contributed by atoms with Gasteiger partial charge in [0, 0.05) is 11.7 Å². The second kappa shape index (κ2) is 10.5. The molecule has 2 unspecified atom stereocenters. The molecular formula is C23H29N3O3. The van der Waals surface area contributed by atoms with Gasteiger partial charge in [0.15, 0.2) is 6.04 Å². The molecule has 154 valence electrons. The van der Waals surface area contributed by atoms with Crippen LogP contribution in [0.15, 0.2) is 42.5 Å². The minimum absolute atomic E-state index is 0.188. The van der Waals surface area contributed by atoms with Crippen LogP contribution in [-0.2, 0) is 9.53 Å². The quantitative estimate of drug-likeness (QED) is 0.613. The van der Waals surface area contributed by atoms with Crippen LogP contribution < -0.4 is 15.8 Å². The normalized spacial score (nSPS) is 12.7. The lowest BCUT2D eigenvalue weighted by molar-refractivity contribution is -0.144. The molecule has 0 radical (unpaired) electrons. The molecule has 0 saturated carbocycles. The number of ether oxygens (including phenoxy) is 2. The number of anilines is 1. The van der Waals surface area contributed by atoms with Crippen LogP contribution in [0.4, 0.5) is 5.69 Å². The summed E-state index contributed by atoms with van der Waals surface area (Å²) in [4.78, 5) is 12.7. The topological polar surface area (TPSA) is 97.4 Å². The summed E-state index contributed by atoms with van der Waals surface area (Å²) in [5, 5.41) is 12.2. The number of hydrogen-bond donors (Lipinski definition) is 2. The summed E-state index contributed by atoms with van der Waals surface area (Å²) in [7, 11) is 0. The SMILES string of the molecule is CCOC(=O)C(Nc1ccc(C#N)cc1)c1cc(OCC)cc(C(N)C(C)C)c1. The number of benzene rings is 2. The zero-order chi connectivity index (χ0) is 21.4. The van der Waals surface area contributed by atoms with E-state index < -0.39 is 12.0 Å². The molecule has 0 fully saturated rings. The van der Waals surface area contributed by atoms with E-state index in [4.69, 9.17) is 20.5 Å². The first-order valence-corrected chi connectivity index (χ1v) is 9.86. The molecule has 2 aromatic carbocycles. The highest BCUT2D eigenvalue weighted by Crippen LogP contribution is 2.30. The van der Waals surface area contributed by atoms with Crippen molar-refractivity contribution in [1.82, 2.24) is 0 Å². The molecule has 0 spiro atoms. The molecule has 0 aliphatic carbocycles. The van der Waals surface area contributed by atoms with Gasteiger partial charge in [0.2, 0.25) is 0 Å². The molecule has 29 heavy (non-hydrogen) atoms. The maximum Gasteiger partial charge on any atom is 0.333 e. The van der Waals surface area contributed by atoms with Crippen molar-refractivity contribution < 1.29 is 14.3 Å². The van der Waals surface area contributed by atoms with Crippen molar-refractivity contribution in [3.05, 3.63) is 59.2 Å². The molecule has 6 heteroatoms. The van der Waals surface area contributed by atoms with Crippen LogP contribution in [0.5, 0.6) is 5.75 Å². The number of hydrogen-bond acceptors (Lipinski definition) is 6. The summed E-state index contributed by atoms with van der Waals surface area (Å²) < 4.78 is 11.0. The lowest BCUT2D eigenvalue weighted by Gasteiger charge is -2.23. The maximum atomic E-state index is 12.7. The highest BCUT2D eigenvalue weighted by atomic mass is 16.5. The Bertz CT molecular complexity index is 857. The van der Waals surface area contributed by atoms with Crippen molar-refractivity contribution in [2.24, 2.45) is 11.7 Å². The van der Waals surface area contributed by atoms with Gasteiger partial charge >= 0.3 is 5.97 Å². The summed E-state index contributed by atoms with van der Waals surface area (Å²) >= 11 is 0. The van der Waals surface area contributed by atoms with Gasteiger partial charge in [-0.3, -0.25) is 0 Å². The minimum Gasteiger partial charge on any atom is -0.494 e. The summed E-state index contributed by atoms with van der Waals surface area (Å²) in [6, 6.07) is 13.7. The van der Waals surface area contributed by atoms with Crippen molar-refractivity contribution in [3.63, 3.8) is 0 Å². The van der Waals surface area contributed by atoms with Crippen LogP contribution in [0.3, 0.4) is 0 Å². The molecule has 2 atom stereocenters. The van der Waals surface area contributed by atoms with E-state index >= 15 is 0 Å². The second-order valence-corrected chi connectivity index (χ2v) is 7.06. The number of nitrogens with one attached hydrogen (secondary N) is 1. The first-order chi connectivity index (χ1) is 13.9. The average Bonchev–Trinajstić information content (AvgIpc) is 2.71. The fourth-order valence-corrected chi connectivity index (χ4v) is 2.95. The van der Waals surface area contributed by atoms with E-state index in [-0.39, 0.29) is 18.6 Å².